The Bertz CT molecular complexity index is 2940. The van der Waals surface area contributed by atoms with Crippen LogP contribution in [0, 0.1) is 6.57 Å². The lowest BCUT2D eigenvalue weighted by atomic mass is 9.82. The quantitative estimate of drug-likeness (QED) is 0.0752. The van der Waals surface area contributed by atoms with Gasteiger partial charge < -0.3 is 19.5 Å². The Hall–Kier alpha value is -6.40. The van der Waals surface area contributed by atoms with Crippen molar-refractivity contribution in [3.05, 3.63) is 165 Å². The van der Waals surface area contributed by atoms with Crippen LogP contribution >= 0.6 is 22.7 Å². The highest BCUT2D eigenvalue weighted by Gasteiger charge is 2.38. The molecule has 0 amide bonds. The Labute approximate surface area is 383 Å². The highest BCUT2D eigenvalue weighted by atomic mass is 32.1. The minimum absolute atomic E-state index is 0.144. The first-order valence-electron chi connectivity index (χ1n) is 22.3. The molecule has 5 aromatic carbocycles. The molecule has 0 saturated heterocycles. The molecule has 0 unspecified atom stereocenters. The lowest BCUT2D eigenvalue weighted by Crippen LogP contribution is -2.18. The molecule has 0 radical (unpaired) electrons. The van der Waals surface area contributed by atoms with Gasteiger partial charge in [0.2, 0.25) is 0 Å². The zero-order valence-electron chi connectivity index (χ0n) is 36.9. The maximum Gasteiger partial charge on any atom is 0.333 e. The van der Waals surface area contributed by atoms with Crippen LogP contribution in [-0.2, 0) is 22.0 Å². The highest BCUT2D eigenvalue weighted by molar-refractivity contribution is 7.24. The smallest absolute Gasteiger partial charge is 0.333 e. The Kier molecular flexibility index (Phi) is 10.6. The molecule has 2 aliphatic carbocycles. The third-order valence-electron chi connectivity index (χ3n) is 13.4. The fourth-order valence-corrected chi connectivity index (χ4v) is 12.5. The Morgan fingerprint density at radius 1 is 0.688 bits per heavy atom. The van der Waals surface area contributed by atoms with Gasteiger partial charge in [-0.15, -0.1) is 22.7 Å². The third-order valence-corrected chi connectivity index (χ3v) is 15.9. The van der Waals surface area contributed by atoms with Crippen LogP contribution in [-0.4, -0.2) is 24.3 Å². The lowest BCUT2D eigenvalue weighted by Gasteiger charge is -2.30. The van der Waals surface area contributed by atoms with Crippen LogP contribution < -0.4 is 14.4 Å². The molecule has 0 atom stereocenters. The standard InChI is InChI=1S/C56H50N2O4S2/c1-7-8-9-10-15-35-30-49(53-51-50(61-28-29-62-51)48(63-53)33-47(57-6)54(59)60)64-52(35)34-20-22-36(23-21-34)58(37-24-26-41-39-16-11-13-18-43(39)55(2,3)45(41)31-37)38-25-27-42-40-17-12-14-19-44(40)56(4,5)46(42)32-38/h11-14,16-27,30-33H,7-10,15,28-29H2,1-5H3,(H,59,60). The topological polar surface area (TPSA) is 63.4 Å². The zero-order chi connectivity index (χ0) is 44.3. The van der Waals surface area contributed by atoms with Crippen molar-refractivity contribution in [3.63, 3.8) is 0 Å². The summed E-state index contributed by atoms with van der Waals surface area (Å²) in [6.07, 6.45) is 6.96. The number of hydrogen-bond donors (Lipinski definition) is 1. The van der Waals surface area contributed by atoms with E-state index in [0.29, 0.717) is 29.6 Å². The zero-order valence-corrected chi connectivity index (χ0v) is 38.5. The fraction of sp³-hybridized carbons (Fsp3) is 0.250. The number of aryl methyl sites for hydroxylation is 1. The van der Waals surface area contributed by atoms with Gasteiger partial charge in [-0.3, -0.25) is 4.79 Å². The van der Waals surface area contributed by atoms with Crippen molar-refractivity contribution in [2.45, 2.75) is 77.6 Å². The molecule has 10 rings (SSSR count). The molecule has 3 aliphatic rings. The number of fused-ring (bicyclic) bond motifs is 7. The molecule has 64 heavy (non-hydrogen) atoms. The molecule has 2 aromatic heterocycles. The van der Waals surface area contributed by atoms with Crippen LogP contribution in [0.2, 0.25) is 0 Å². The van der Waals surface area contributed by atoms with Crippen LogP contribution in [0.3, 0.4) is 0 Å². The van der Waals surface area contributed by atoms with Crippen molar-refractivity contribution < 1.29 is 19.4 Å². The molecule has 1 aliphatic heterocycles. The third kappa shape index (κ3) is 6.93. The molecule has 0 spiro atoms. The Balaban J connectivity index is 1.08. The van der Waals surface area contributed by atoms with Gasteiger partial charge in [0.05, 0.1) is 16.3 Å². The summed E-state index contributed by atoms with van der Waals surface area (Å²) in [6.45, 7) is 19.8. The van der Waals surface area contributed by atoms with Crippen molar-refractivity contribution in [2.75, 3.05) is 18.1 Å². The fourth-order valence-electron chi connectivity index (χ4n) is 10.1. The van der Waals surface area contributed by atoms with Crippen LogP contribution in [0.1, 0.15) is 93.0 Å². The first kappa shape index (κ1) is 41.6. The molecule has 7 aromatic rings. The van der Waals surface area contributed by atoms with Gasteiger partial charge >= 0.3 is 5.97 Å². The summed E-state index contributed by atoms with van der Waals surface area (Å²) < 4.78 is 12.3. The van der Waals surface area contributed by atoms with Crippen molar-refractivity contribution in [1.82, 2.24) is 0 Å². The summed E-state index contributed by atoms with van der Waals surface area (Å²) in [4.78, 5) is 21.2. The predicted octanol–water partition coefficient (Wildman–Crippen LogP) is 15.5. The number of rotatable bonds is 12. The van der Waals surface area contributed by atoms with Crippen LogP contribution in [0.15, 0.2) is 121 Å². The van der Waals surface area contributed by atoms with E-state index in [0.717, 1.165) is 51.6 Å². The summed E-state index contributed by atoms with van der Waals surface area (Å²) >= 11 is 3.15. The van der Waals surface area contributed by atoms with Gasteiger partial charge in [-0.25, -0.2) is 4.85 Å². The Morgan fingerprint density at radius 3 is 1.83 bits per heavy atom. The summed E-state index contributed by atoms with van der Waals surface area (Å²) in [6, 6.07) is 43.0. The maximum atomic E-state index is 11.8. The van der Waals surface area contributed by atoms with Crippen LogP contribution in [0.4, 0.5) is 17.1 Å². The van der Waals surface area contributed by atoms with Gasteiger partial charge in [0.1, 0.15) is 13.2 Å². The van der Waals surface area contributed by atoms with E-state index in [1.165, 1.54) is 85.2 Å². The van der Waals surface area contributed by atoms with Crippen molar-refractivity contribution >= 4 is 51.8 Å². The molecular weight excluding hydrogens is 829 g/mol. The molecule has 1 N–H and O–H groups in total. The highest BCUT2D eigenvalue weighted by Crippen LogP contribution is 2.55. The van der Waals surface area contributed by atoms with Crippen LogP contribution in [0.5, 0.6) is 11.5 Å². The normalized spacial score (nSPS) is 14.9. The summed E-state index contributed by atoms with van der Waals surface area (Å²) in [7, 11) is 0. The first-order chi connectivity index (χ1) is 31.0. The van der Waals surface area contributed by atoms with E-state index in [-0.39, 0.29) is 16.5 Å². The van der Waals surface area contributed by atoms with E-state index in [4.69, 9.17) is 16.0 Å². The summed E-state index contributed by atoms with van der Waals surface area (Å²) in [5.74, 6) is -0.133. The minimum atomic E-state index is -1.26. The average molecular weight is 879 g/mol. The number of carboxylic acid groups (broad SMARTS) is 1. The monoisotopic (exact) mass is 878 g/mol. The van der Waals surface area contributed by atoms with E-state index >= 15 is 0 Å². The van der Waals surface area contributed by atoms with E-state index in [1.54, 1.807) is 11.3 Å². The van der Waals surface area contributed by atoms with Crippen molar-refractivity contribution in [2.24, 2.45) is 0 Å². The van der Waals surface area contributed by atoms with Crippen molar-refractivity contribution in [1.29, 1.82) is 0 Å². The van der Waals surface area contributed by atoms with E-state index in [2.05, 4.69) is 160 Å². The Morgan fingerprint density at radius 2 is 1.25 bits per heavy atom. The van der Waals surface area contributed by atoms with E-state index in [9.17, 15) is 9.90 Å². The number of benzene rings is 5. The number of hydrogen-bond acceptors (Lipinski definition) is 6. The maximum absolute atomic E-state index is 11.8. The van der Waals surface area contributed by atoms with E-state index in [1.807, 2.05) is 0 Å². The number of nitrogens with zero attached hydrogens (tertiary/aromatic N) is 2. The first-order valence-corrected chi connectivity index (χ1v) is 23.9. The van der Waals surface area contributed by atoms with Crippen molar-refractivity contribution in [3.8, 4) is 53.9 Å². The molecule has 320 valence electrons. The molecular formula is C56H50N2O4S2. The minimum Gasteiger partial charge on any atom is -0.486 e. The second kappa shape index (κ2) is 16.3. The largest absolute Gasteiger partial charge is 0.486 e. The number of aliphatic carboxylic acids is 1. The van der Waals surface area contributed by atoms with Gasteiger partial charge in [-0.1, -0.05) is 127 Å². The summed E-state index contributed by atoms with van der Waals surface area (Å²) in [5, 5.41) is 9.66. The molecule has 0 fully saturated rings. The second-order valence-electron chi connectivity index (χ2n) is 18.1. The van der Waals surface area contributed by atoms with Gasteiger partial charge in [0.25, 0.3) is 5.70 Å². The number of ether oxygens (including phenoxy) is 2. The number of anilines is 3. The molecule has 0 bridgehead atoms. The SMILES string of the molecule is [C-]#[N+]C(=Cc1sc(-c2cc(CCCCCC)c(-c3ccc(N(c4ccc5c(c4)C(C)(C)c4ccccc4-5)c4ccc5c(c4)C(C)(C)c4ccccc4-5)cc3)s2)c2c1OCCO2)C(=O)O. The molecule has 8 heteroatoms. The molecule has 3 heterocycles. The van der Waals surface area contributed by atoms with Gasteiger partial charge in [-0.05, 0) is 117 Å². The summed E-state index contributed by atoms with van der Waals surface area (Å²) in [5.41, 5.74) is 15.7. The number of thiophene rings is 2. The predicted molar refractivity (Wildman–Crippen MR) is 264 cm³/mol. The van der Waals surface area contributed by atoms with Crippen LogP contribution in [0.25, 0.3) is 53.4 Å². The van der Waals surface area contributed by atoms with Gasteiger partial charge in [-0.2, -0.15) is 0 Å². The molecule has 6 nitrogen and oxygen atoms in total. The van der Waals surface area contributed by atoms with E-state index < -0.39 is 5.97 Å². The second-order valence-corrected chi connectivity index (χ2v) is 20.2. The van der Waals surface area contributed by atoms with Gasteiger partial charge in [0.15, 0.2) is 11.5 Å². The number of unbranched alkanes of at least 4 members (excludes halogenated alkanes) is 3. The number of carbonyl (C=O) groups is 1. The van der Waals surface area contributed by atoms with Gasteiger partial charge in [0, 0.05) is 37.6 Å². The number of carboxylic acids is 1. The molecule has 0 saturated carbocycles. The average Bonchev–Trinajstić information content (AvgIpc) is 4.02. The lowest BCUT2D eigenvalue weighted by molar-refractivity contribution is -0.132.